The maximum Gasteiger partial charge on any atom is 0.227 e. The van der Waals surface area contributed by atoms with E-state index in [2.05, 4.69) is 10.6 Å². The number of nitrogens with one attached hydrogen (secondary N) is 2. The van der Waals surface area contributed by atoms with Crippen molar-refractivity contribution in [1.82, 2.24) is 10.2 Å². The molecule has 0 aromatic heterocycles. The van der Waals surface area contributed by atoms with E-state index < -0.39 is 0 Å². The zero-order chi connectivity index (χ0) is 15.2. The maximum absolute atomic E-state index is 12.2. The highest BCUT2D eigenvalue weighted by Crippen LogP contribution is 2.17. The molecule has 2 N–H and O–H groups in total. The summed E-state index contributed by atoms with van der Waals surface area (Å²) in [6, 6.07) is 7.68. The van der Waals surface area contributed by atoms with Gasteiger partial charge in [0.05, 0.1) is 0 Å². The summed E-state index contributed by atoms with van der Waals surface area (Å²) in [5.41, 5.74) is 1.81. The van der Waals surface area contributed by atoms with Gasteiger partial charge in [-0.05, 0) is 43.6 Å². The van der Waals surface area contributed by atoms with Crippen LogP contribution in [0.3, 0.4) is 0 Å². The van der Waals surface area contributed by atoms with E-state index in [-0.39, 0.29) is 17.7 Å². The van der Waals surface area contributed by atoms with E-state index >= 15 is 0 Å². The first kappa shape index (κ1) is 15.5. The van der Waals surface area contributed by atoms with Crippen LogP contribution in [0.5, 0.6) is 0 Å². The third kappa shape index (κ3) is 4.56. The Kier molecular flexibility index (Phi) is 5.33. The number of anilines is 1. The van der Waals surface area contributed by atoms with E-state index in [4.69, 9.17) is 0 Å². The van der Waals surface area contributed by atoms with E-state index in [1.165, 1.54) is 0 Å². The number of carbonyl (C=O) groups is 2. The van der Waals surface area contributed by atoms with Crippen LogP contribution in [0.25, 0.3) is 0 Å². The number of amides is 2. The van der Waals surface area contributed by atoms with Crippen LogP contribution in [0.1, 0.15) is 25.3 Å². The summed E-state index contributed by atoms with van der Waals surface area (Å²) < 4.78 is 0. The van der Waals surface area contributed by atoms with Gasteiger partial charge in [0, 0.05) is 32.1 Å². The Balaban J connectivity index is 1.97. The van der Waals surface area contributed by atoms with E-state index in [0.717, 1.165) is 37.2 Å². The van der Waals surface area contributed by atoms with Gasteiger partial charge in [0.25, 0.3) is 0 Å². The van der Waals surface area contributed by atoms with E-state index in [9.17, 15) is 9.59 Å². The molecule has 0 aliphatic carbocycles. The third-order valence-corrected chi connectivity index (χ3v) is 3.86. The van der Waals surface area contributed by atoms with Crippen molar-refractivity contribution in [2.75, 3.05) is 25.5 Å². The first-order chi connectivity index (χ1) is 10.1. The van der Waals surface area contributed by atoms with Crippen LogP contribution >= 0.6 is 0 Å². The summed E-state index contributed by atoms with van der Waals surface area (Å²) >= 11 is 0. The van der Waals surface area contributed by atoms with Crippen LogP contribution < -0.4 is 10.6 Å². The molecule has 2 rings (SSSR count). The number of rotatable bonds is 4. The fourth-order valence-corrected chi connectivity index (χ4v) is 2.46. The normalized spacial score (nSPS) is 15.5. The largest absolute Gasteiger partial charge is 0.342 e. The Hall–Kier alpha value is -1.88. The molecule has 1 aliphatic rings. The van der Waals surface area contributed by atoms with Crippen molar-refractivity contribution in [1.29, 1.82) is 0 Å². The molecule has 0 radical (unpaired) electrons. The number of nitrogens with zero attached hydrogens (tertiary/aromatic N) is 1. The molecular formula is C16H23N3O2. The molecule has 1 aromatic rings. The molecule has 0 saturated carbocycles. The Morgan fingerprint density at radius 2 is 2.05 bits per heavy atom. The van der Waals surface area contributed by atoms with Crippen LogP contribution in [0.15, 0.2) is 24.3 Å². The molecule has 2 amide bonds. The SMILES string of the molecule is CC(=O)N(C)Cc1cccc(NC(=O)C2CCNCC2)c1. The lowest BCUT2D eigenvalue weighted by Gasteiger charge is -2.22. The van der Waals surface area contributed by atoms with E-state index in [0.29, 0.717) is 6.54 Å². The van der Waals surface area contributed by atoms with Crippen molar-refractivity contribution >= 4 is 17.5 Å². The van der Waals surface area contributed by atoms with E-state index in [1.807, 2.05) is 24.3 Å². The summed E-state index contributed by atoms with van der Waals surface area (Å²) in [6.07, 6.45) is 1.77. The van der Waals surface area contributed by atoms with Crippen molar-refractivity contribution in [3.05, 3.63) is 29.8 Å². The van der Waals surface area contributed by atoms with Gasteiger partial charge in [0.2, 0.25) is 11.8 Å². The highest BCUT2D eigenvalue weighted by Gasteiger charge is 2.20. The standard InChI is InChI=1S/C16H23N3O2/c1-12(20)19(2)11-13-4-3-5-15(10-13)18-16(21)14-6-8-17-9-7-14/h3-5,10,14,17H,6-9,11H2,1-2H3,(H,18,21). The fourth-order valence-electron chi connectivity index (χ4n) is 2.46. The van der Waals surface area contributed by atoms with Gasteiger partial charge in [-0.3, -0.25) is 9.59 Å². The second kappa shape index (κ2) is 7.22. The molecule has 1 aliphatic heterocycles. The van der Waals surface area contributed by atoms with Crippen molar-refractivity contribution in [3.63, 3.8) is 0 Å². The summed E-state index contributed by atoms with van der Waals surface area (Å²) in [7, 11) is 1.77. The molecule has 1 saturated heterocycles. The molecule has 114 valence electrons. The molecule has 5 heteroatoms. The lowest BCUT2D eigenvalue weighted by molar-refractivity contribution is -0.128. The topological polar surface area (TPSA) is 61.4 Å². The number of piperidine rings is 1. The van der Waals surface area contributed by atoms with E-state index in [1.54, 1.807) is 18.9 Å². The predicted octanol–water partition coefficient (Wildman–Crippen LogP) is 1.60. The molecule has 0 bridgehead atoms. The second-order valence-electron chi connectivity index (χ2n) is 5.59. The molecule has 0 unspecified atom stereocenters. The molecular weight excluding hydrogens is 266 g/mol. The quantitative estimate of drug-likeness (QED) is 0.885. The first-order valence-electron chi connectivity index (χ1n) is 7.38. The van der Waals surface area contributed by atoms with Crippen LogP contribution in [0, 0.1) is 5.92 Å². The van der Waals surface area contributed by atoms with Crippen LogP contribution in [0.2, 0.25) is 0 Å². The highest BCUT2D eigenvalue weighted by atomic mass is 16.2. The third-order valence-electron chi connectivity index (χ3n) is 3.86. The minimum absolute atomic E-state index is 0.0270. The zero-order valence-electron chi connectivity index (χ0n) is 12.7. The van der Waals surface area contributed by atoms with Gasteiger partial charge in [-0.2, -0.15) is 0 Å². The van der Waals surface area contributed by atoms with Crippen LogP contribution in [-0.4, -0.2) is 36.9 Å². The number of hydrogen-bond acceptors (Lipinski definition) is 3. The molecule has 0 spiro atoms. The molecule has 1 fully saturated rings. The summed E-state index contributed by atoms with van der Waals surface area (Å²) in [5, 5.41) is 6.24. The van der Waals surface area contributed by atoms with Crippen molar-refractivity contribution in [3.8, 4) is 0 Å². The molecule has 0 atom stereocenters. The van der Waals surface area contributed by atoms with Crippen LogP contribution in [0.4, 0.5) is 5.69 Å². The van der Waals surface area contributed by atoms with Gasteiger partial charge in [-0.1, -0.05) is 12.1 Å². The zero-order valence-corrected chi connectivity index (χ0v) is 12.7. The highest BCUT2D eigenvalue weighted by molar-refractivity contribution is 5.92. The molecule has 5 nitrogen and oxygen atoms in total. The Bertz CT molecular complexity index is 510. The summed E-state index contributed by atoms with van der Waals surface area (Å²) in [4.78, 5) is 25.1. The Labute approximate surface area is 125 Å². The van der Waals surface area contributed by atoms with Gasteiger partial charge in [-0.15, -0.1) is 0 Å². The number of benzene rings is 1. The smallest absolute Gasteiger partial charge is 0.227 e. The second-order valence-corrected chi connectivity index (χ2v) is 5.59. The average Bonchev–Trinajstić information content (AvgIpc) is 2.48. The monoisotopic (exact) mass is 289 g/mol. The number of carbonyl (C=O) groups excluding carboxylic acids is 2. The minimum Gasteiger partial charge on any atom is -0.342 e. The molecule has 21 heavy (non-hydrogen) atoms. The average molecular weight is 289 g/mol. The van der Waals surface area contributed by atoms with Crippen molar-refractivity contribution < 1.29 is 9.59 Å². The minimum atomic E-state index is 0.0270. The van der Waals surface area contributed by atoms with Gasteiger partial charge >= 0.3 is 0 Å². The van der Waals surface area contributed by atoms with Crippen molar-refractivity contribution in [2.45, 2.75) is 26.3 Å². The number of hydrogen-bond donors (Lipinski definition) is 2. The fraction of sp³-hybridized carbons (Fsp3) is 0.500. The predicted molar refractivity (Wildman–Crippen MR) is 82.8 cm³/mol. The molecule has 1 aromatic carbocycles. The summed E-state index contributed by atoms with van der Waals surface area (Å²) in [5.74, 6) is 0.211. The lowest BCUT2D eigenvalue weighted by Crippen LogP contribution is -2.34. The Morgan fingerprint density at radius 1 is 1.33 bits per heavy atom. The van der Waals surface area contributed by atoms with Gasteiger partial charge in [0.15, 0.2) is 0 Å². The van der Waals surface area contributed by atoms with Gasteiger partial charge < -0.3 is 15.5 Å². The maximum atomic E-state index is 12.2. The van der Waals surface area contributed by atoms with Crippen LogP contribution in [-0.2, 0) is 16.1 Å². The summed E-state index contributed by atoms with van der Waals surface area (Å²) in [6.45, 7) is 3.90. The molecule has 1 heterocycles. The lowest BCUT2D eigenvalue weighted by atomic mass is 9.97. The van der Waals surface area contributed by atoms with Crippen molar-refractivity contribution in [2.24, 2.45) is 5.92 Å². The first-order valence-corrected chi connectivity index (χ1v) is 7.38. The Morgan fingerprint density at radius 3 is 2.71 bits per heavy atom. The van der Waals surface area contributed by atoms with Gasteiger partial charge in [-0.25, -0.2) is 0 Å². The van der Waals surface area contributed by atoms with Gasteiger partial charge in [0.1, 0.15) is 0 Å².